The van der Waals surface area contributed by atoms with Crippen LogP contribution in [0.4, 0.5) is 0 Å². The predicted octanol–water partition coefficient (Wildman–Crippen LogP) is 2.88. The zero-order chi connectivity index (χ0) is 12.1. The Kier molecular flexibility index (Phi) is 4.31. The van der Waals surface area contributed by atoms with E-state index in [1.807, 2.05) is 30.3 Å². The quantitative estimate of drug-likeness (QED) is 0.851. The third-order valence-electron chi connectivity index (χ3n) is 2.70. The van der Waals surface area contributed by atoms with Crippen molar-refractivity contribution in [2.75, 3.05) is 6.61 Å². The van der Waals surface area contributed by atoms with Crippen molar-refractivity contribution < 1.29 is 5.11 Å². The topological polar surface area (TPSA) is 32.3 Å². The monoisotopic (exact) mass is 247 g/mol. The number of rotatable bonds is 5. The molecule has 0 saturated carbocycles. The van der Waals surface area contributed by atoms with E-state index in [2.05, 4.69) is 24.4 Å². The molecule has 1 aromatic carbocycles. The second-order valence-electron chi connectivity index (χ2n) is 4.04. The molecule has 1 unspecified atom stereocenters. The molecule has 0 fully saturated rings. The van der Waals surface area contributed by atoms with Crippen LogP contribution >= 0.6 is 11.3 Å². The Labute approximate surface area is 106 Å². The number of aryl methyl sites for hydroxylation is 1. The van der Waals surface area contributed by atoms with Gasteiger partial charge in [0.15, 0.2) is 0 Å². The smallest absolute Gasteiger partial charge is 0.0626 e. The Balaban J connectivity index is 1.97. The molecule has 0 radical (unpaired) electrons. The van der Waals surface area contributed by atoms with Crippen molar-refractivity contribution in [2.24, 2.45) is 0 Å². The zero-order valence-electron chi connectivity index (χ0n) is 9.89. The zero-order valence-corrected chi connectivity index (χ0v) is 10.7. The highest BCUT2D eigenvalue weighted by molar-refractivity contribution is 7.11. The van der Waals surface area contributed by atoms with Gasteiger partial charge in [-0.1, -0.05) is 30.3 Å². The average Bonchev–Trinajstić information content (AvgIpc) is 2.77. The SMILES string of the molecule is Cc1ccc(CNC(CO)c2ccccc2)s1. The molecule has 2 rings (SSSR count). The molecule has 1 heterocycles. The second-order valence-corrected chi connectivity index (χ2v) is 5.41. The van der Waals surface area contributed by atoms with Gasteiger partial charge in [0.1, 0.15) is 0 Å². The number of nitrogens with one attached hydrogen (secondary N) is 1. The van der Waals surface area contributed by atoms with E-state index in [9.17, 15) is 5.11 Å². The molecule has 1 aromatic heterocycles. The first-order valence-electron chi connectivity index (χ1n) is 5.74. The van der Waals surface area contributed by atoms with Gasteiger partial charge >= 0.3 is 0 Å². The van der Waals surface area contributed by atoms with E-state index in [0.29, 0.717) is 0 Å². The molecule has 0 spiro atoms. The van der Waals surface area contributed by atoms with Crippen LogP contribution in [0, 0.1) is 6.92 Å². The Morgan fingerprint density at radius 2 is 1.94 bits per heavy atom. The molecule has 2 N–H and O–H groups in total. The van der Waals surface area contributed by atoms with Crippen LogP contribution < -0.4 is 5.32 Å². The van der Waals surface area contributed by atoms with Crippen molar-refractivity contribution >= 4 is 11.3 Å². The maximum absolute atomic E-state index is 9.40. The first-order chi connectivity index (χ1) is 8.29. The number of aliphatic hydroxyl groups excluding tert-OH is 1. The molecule has 3 heteroatoms. The third-order valence-corrected chi connectivity index (χ3v) is 3.70. The summed E-state index contributed by atoms with van der Waals surface area (Å²) in [6.07, 6.45) is 0. The highest BCUT2D eigenvalue weighted by Crippen LogP contribution is 2.17. The highest BCUT2D eigenvalue weighted by Gasteiger charge is 2.09. The van der Waals surface area contributed by atoms with Gasteiger partial charge in [-0.2, -0.15) is 0 Å². The standard InChI is InChI=1S/C14H17NOS/c1-11-7-8-13(17-11)9-15-14(10-16)12-5-3-2-4-6-12/h2-8,14-16H,9-10H2,1H3. The van der Waals surface area contributed by atoms with Crippen molar-refractivity contribution in [3.8, 4) is 0 Å². The fourth-order valence-corrected chi connectivity index (χ4v) is 2.62. The van der Waals surface area contributed by atoms with Crippen LogP contribution in [-0.2, 0) is 6.54 Å². The molecule has 2 nitrogen and oxygen atoms in total. The fraction of sp³-hybridized carbons (Fsp3) is 0.286. The summed E-state index contributed by atoms with van der Waals surface area (Å²) in [6, 6.07) is 14.3. The molecule has 0 amide bonds. The van der Waals surface area contributed by atoms with Crippen LogP contribution in [0.1, 0.15) is 21.4 Å². The van der Waals surface area contributed by atoms with Gasteiger partial charge in [0.05, 0.1) is 12.6 Å². The predicted molar refractivity (Wildman–Crippen MR) is 72.2 cm³/mol. The molecule has 0 aliphatic heterocycles. The van der Waals surface area contributed by atoms with E-state index >= 15 is 0 Å². The number of hydrogen-bond donors (Lipinski definition) is 2. The maximum atomic E-state index is 9.40. The third kappa shape index (κ3) is 3.40. The van der Waals surface area contributed by atoms with Crippen LogP contribution in [0.5, 0.6) is 0 Å². The summed E-state index contributed by atoms with van der Waals surface area (Å²) >= 11 is 1.79. The van der Waals surface area contributed by atoms with Gasteiger partial charge in [-0.25, -0.2) is 0 Å². The van der Waals surface area contributed by atoms with Crippen molar-refractivity contribution in [1.82, 2.24) is 5.32 Å². The largest absolute Gasteiger partial charge is 0.394 e. The summed E-state index contributed by atoms with van der Waals surface area (Å²) in [4.78, 5) is 2.62. The van der Waals surface area contributed by atoms with Crippen molar-refractivity contribution in [3.05, 3.63) is 57.8 Å². The minimum absolute atomic E-state index is 0.0126. The van der Waals surface area contributed by atoms with Crippen LogP contribution in [0.25, 0.3) is 0 Å². The Bertz CT molecular complexity index is 452. The van der Waals surface area contributed by atoms with Gasteiger partial charge in [0, 0.05) is 16.3 Å². The fourth-order valence-electron chi connectivity index (χ4n) is 1.78. The van der Waals surface area contributed by atoms with Crippen molar-refractivity contribution in [2.45, 2.75) is 19.5 Å². The molecule has 0 bridgehead atoms. The lowest BCUT2D eigenvalue weighted by Gasteiger charge is -2.15. The summed E-state index contributed by atoms with van der Waals surface area (Å²) in [5, 5.41) is 12.8. The first kappa shape index (κ1) is 12.3. The molecule has 0 aliphatic carbocycles. The number of benzene rings is 1. The van der Waals surface area contributed by atoms with Crippen molar-refractivity contribution in [1.29, 1.82) is 0 Å². The Hall–Kier alpha value is -1.16. The van der Waals surface area contributed by atoms with E-state index in [-0.39, 0.29) is 12.6 Å². The van der Waals surface area contributed by atoms with Gasteiger partial charge in [-0.05, 0) is 24.6 Å². The number of thiophene rings is 1. The minimum atomic E-state index is 0.0126. The van der Waals surface area contributed by atoms with E-state index in [4.69, 9.17) is 0 Å². The van der Waals surface area contributed by atoms with Gasteiger partial charge in [-0.15, -0.1) is 11.3 Å². The van der Waals surface area contributed by atoms with E-state index in [1.165, 1.54) is 9.75 Å². The van der Waals surface area contributed by atoms with Crippen LogP contribution in [0.15, 0.2) is 42.5 Å². The summed E-state index contributed by atoms with van der Waals surface area (Å²) in [5.74, 6) is 0. The lowest BCUT2D eigenvalue weighted by Crippen LogP contribution is -2.23. The first-order valence-corrected chi connectivity index (χ1v) is 6.56. The summed E-state index contributed by atoms with van der Waals surface area (Å²) in [5.41, 5.74) is 1.13. The summed E-state index contributed by atoms with van der Waals surface area (Å²) in [7, 11) is 0. The van der Waals surface area contributed by atoms with E-state index in [0.717, 1.165) is 12.1 Å². The second kappa shape index (κ2) is 5.96. The van der Waals surface area contributed by atoms with E-state index in [1.54, 1.807) is 11.3 Å². The van der Waals surface area contributed by atoms with E-state index < -0.39 is 0 Å². The van der Waals surface area contributed by atoms with Gasteiger partial charge < -0.3 is 10.4 Å². The molecule has 1 atom stereocenters. The molecular weight excluding hydrogens is 230 g/mol. The minimum Gasteiger partial charge on any atom is -0.394 e. The Morgan fingerprint density at radius 3 is 2.53 bits per heavy atom. The summed E-state index contributed by atoms with van der Waals surface area (Å²) in [6.45, 7) is 3.03. The molecule has 0 saturated heterocycles. The normalized spacial score (nSPS) is 12.6. The number of hydrogen-bond acceptors (Lipinski definition) is 3. The Morgan fingerprint density at radius 1 is 1.18 bits per heavy atom. The lowest BCUT2D eigenvalue weighted by molar-refractivity contribution is 0.244. The van der Waals surface area contributed by atoms with Gasteiger partial charge in [-0.3, -0.25) is 0 Å². The summed E-state index contributed by atoms with van der Waals surface area (Å²) < 4.78 is 0. The molecule has 90 valence electrons. The maximum Gasteiger partial charge on any atom is 0.0626 e. The van der Waals surface area contributed by atoms with Crippen LogP contribution in [0.3, 0.4) is 0 Å². The lowest BCUT2D eigenvalue weighted by atomic mass is 10.1. The van der Waals surface area contributed by atoms with Crippen LogP contribution in [-0.4, -0.2) is 11.7 Å². The highest BCUT2D eigenvalue weighted by atomic mass is 32.1. The van der Waals surface area contributed by atoms with Gasteiger partial charge in [0.25, 0.3) is 0 Å². The molecule has 2 aromatic rings. The molecule has 0 aliphatic rings. The average molecular weight is 247 g/mol. The molecular formula is C14H17NOS. The van der Waals surface area contributed by atoms with Gasteiger partial charge in [0.2, 0.25) is 0 Å². The van der Waals surface area contributed by atoms with Crippen LogP contribution in [0.2, 0.25) is 0 Å². The number of aliphatic hydroxyl groups is 1. The molecule has 17 heavy (non-hydrogen) atoms. The van der Waals surface area contributed by atoms with Crippen molar-refractivity contribution in [3.63, 3.8) is 0 Å².